The predicted octanol–water partition coefficient (Wildman–Crippen LogP) is 0.792. The molecule has 1 radical (unpaired) electrons. The summed E-state index contributed by atoms with van der Waals surface area (Å²) in [5.41, 5.74) is 5.03. The van der Waals surface area contributed by atoms with E-state index in [9.17, 15) is 0 Å². The first-order chi connectivity index (χ1) is 3.33. The van der Waals surface area contributed by atoms with E-state index in [2.05, 4.69) is 6.92 Å². The lowest BCUT2D eigenvalue weighted by atomic mass is 10.5. The highest BCUT2D eigenvalue weighted by Gasteiger charge is 1.55. The van der Waals surface area contributed by atoms with Crippen LogP contribution in [0.1, 0.15) is 20.3 Å². The summed E-state index contributed by atoms with van der Waals surface area (Å²) in [6.45, 7) is 4.44. The van der Waals surface area contributed by atoms with Crippen molar-refractivity contribution < 1.29 is 5.11 Å². The van der Waals surface area contributed by atoms with Crippen LogP contribution in [0.3, 0.4) is 0 Å². The first kappa shape index (κ1) is 10.0. The van der Waals surface area contributed by atoms with Crippen LogP contribution in [0.15, 0.2) is 0 Å². The van der Waals surface area contributed by atoms with Gasteiger partial charge in [0.05, 0.1) is 6.61 Å². The Morgan fingerprint density at radius 3 is 1.57 bits per heavy atom. The monoisotopic (exact) mass is 104 g/mol. The third-order valence-corrected chi connectivity index (χ3v) is 0.289. The summed E-state index contributed by atoms with van der Waals surface area (Å²) in [6.07, 6.45) is 1.10. The van der Waals surface area contributed by atoms with E-state index in [1.807, 2.05) is 0 Å². The minimum Gasteiger partial charge on any atom is -0.330 e. The van der Waals surface area contributed by atoms with Gasteiger partial charge in [-0.25, -0.2) is 5.11 Å². The second-order valence-electron chi connectivity index (χ2n) is 1.08. The molecule has 45 valence electrons. The van der Waals surface area contributed by atoms with Crippen molar-refractivity contribution in [1.82, 2.24) is 0 Å². The molecule has 0 bridgehead atoms. The number of hydrogen-bond donors (Lipinski definition) is 1. The Morgan fingerprint density at radius 1 is 1.43 bits per heavy atom. The van der Waals surface area contributed by atoms with Gasteiger partial charge in [-0.05, 0) is 19.9 Å². The van der Waals surface area contributed by atoms with Crippen molar-refractivity contribution >= 4 is 0 Å². The first-order valence-electron chi connectivity index (χ1n) is 2.61. The predicted molar refractivity (Wildman–Crippen MR) is 30.6 cm³/mol. The van der Waals surface area contributed by atoms with E-state index in [-0.39, 0.29) is 6.61 Å². The summed E-state index contributed by atoms with van der Waals surface area (Å²) in [6, 6.07) is 0. The zero-order chi connectivity index (χ0) is 6.12. The van der Waals surface area contributed by atoms with Gasteiger partial charge in [-0.1, -0.05) is 6.92 Å². The lowest BCUT2D eigenvalue weighted by Gasteiger charge is -1.70. The standard InChI is InChI=1S/C3H9N.C2H5O/c1-2-3-4;1-2-3/h2-4H2,1H3;2H2,1H3. The molecule has 0 rings (SSSR count). The second-order valence-corrected chi connectivity index (χ2v) is 1.08. The van der Waals surface area contributed by atoms with Crippen molar-refractivity contribution in [2.45, 2.75) is 20.3 Å². The third-order valence-electron chi connectivity index (χ3n) is 0.289. The molecule has 0 aromatic rings. The van der Waals surface area contributed by atoms with Crippen LogP contribution in [0, 0.1) is 0 Å². The Balaban J connectivity index is 0. The molecule has 0 heterocycles. The molecule has 0 aromatic heterocycles. The maximum atomic E-state index is 8.93. The van der Waals surface area contributed by atoms with Gasteiger partial charge in [-0.2, -0.15) is 0 Å². The maximum absolute atomic E-state index is 8.93. The Kier molecular flexibility index (Phi) is 24.1. The molecule has 0 aliphatic heterocycles. The summed E-state index contributed by atoms with van der Waals surface area (Å²) in [5, 5.41) is 8.93. The van der Waals surface area contributed by atoms with Crippen molar-refractivity contribution in [3.63, 3.8) is 0 Å². The van der Waals surface area contributed by atoms with Gasteiger partial charge >= 0.3 is 0 Å². The van der Waals surface area contributed by atoms with Crippen molar-refractivity contribution in [2.75, 3.05) is 13.2 Å². The molecule has 0 saturated heterocycles. The summed E-state index contributed by atoms with van der Waals surface area (Å²) >= 11 is 0. The molecule has 7 heavy (non-hydrogen) atoms. The molecular weight excluding hydrogens is 90.1 g/mol. The quantitative estimate of drug-likeness (QED) is 0.525. The third kappa shape index (κ3) is 107. The van der Waals surface area contributed by atoms with Crippen LogP contribution >= 0.6 is 0 Å². The highest BCUT2D eigenvalue weighted by molar-refractivity contribution is 4.19. The van der Waals surface area contributed by atoms with Crippen LogP contribution in [0.5, 0.6) is 0 Å². The average molecular weight is 104 g/mol. The summed E-state index contributed by atoms with van der Waals surface area (Å²) < 4.78 is 0. The smallest absolute Gasteiger partial charge is 0.0794 e. The minimum absolute atomic E-state index is 0. The number of nitrogens with two attached hydrogens (primary N) is 1. The van der Waals surface area contributed by atoms with E-state index < -0.39 is 0 Å². The molecule has 0 saturated carbocycles. The lowest BCUT2D eigenvalue weighted by Crippen LogP contribution is -1.93. The first-order valence-corrected chi connectivity index (χ1v) is 2.61. The lowest BCUT2D eigenvalue weighted by molar-refractivity contribution is 0.212. The normalized spacial score (nSPS) is 6.86. The van der Waals surface area contributed by atoms with Crippen LogP contribution in [0.2, 0.25) is 0 Å². The van der Waals surface area contributed by atoms with E-state index in [1.165, 1.54) is 0 Å². The van der Waals surface area contributed by atoms with Crippen molar-refractivity contribution in [3.8, 4) is 0 Å². The van der Waals surface area contributed by atoms with Crippen LogP contribution in [-0.4, -0.2) is 13.2 Å². The van der Waals surface area contributed by atoms with E-state index in [1.54, 1.807) is 6.92 Å². The Hall–Kier alpha value is -0.0800. The van der Waals surface area contributed by atoms with Crippen molar-refractivity contribution in [1.29, 1.82) is 0 Å². The zero-order valence-electron chi connectivity index (χ0n) is 5.11. The number of hydrogen-bond acceptors (Lipinski definition) is 1. The second kappa shape index (κ2) is 16.8. The number of rotatable bonds is 1. The van der Waals surface area contributed by atoms with E-state index >= 15 is 0 Å². The average Bonchev–Trinajstić information content (AvgIpc) is 1.69. The highest BCUT2D eigenvalue weighted by atomic mass is 16.2. The Bertz CT molecular complexity index is 15.6. The molecule has 0 aliphatic carbocycles. The van der Waals surface area contributed by atoms with Crippen LogP contribution < -0.4 is 5.73 Å². The topological polar surface area (TPSA) is 45.9 Å². The van der Waals surface area contributed by atoms with Crippen LogP contribution in [0.25, 0.3) is 0 Å². The summed E-state index contributed by atoms with van der Waals surface area (Å²) in [7, 11) is 0. The molecule has 0 unspecified atom stereocenters. The zero-order valence-corrected chi connectivity index (χ0v) is 5.11. The molecule has 2 N–H and O–H groups in total. The minimum atomic E-state index is 0. The maximum Gasteiger partial charge on any atom is 0.0794 e. The van der Waals surface area contributed by atoms with Gasteiger partial charge in [0.1, 0.15) is 0 Å². The van der Waals surface area contributed by atoms with Gasteiger partial charge in [0.15, 0.2) is 0 Å². The molecule has 2 nitrogen and oxygen atoms in total. The SMILES string of the molecule is CCCN.CC[O]. The van der Waals surface area contributed by atoms with Gasteiger partial charge in [0, 0.05) is 0 Å². The van der Waals surface area contributed by atoms with Crippen molar-refractivity contribution in [2.24, 2.45) is 5.73 Å². The summed E-state index contributed by atoms with van der Waals surface area (Å²) in [4.78, 5) is 0. The molecular formula is C5H14NO. The van der Waals surface area contributed by atoms with Gasteiger partial charge < -0.3 is 5.73 Å². The fourth-order valence-corrected chi connectivity index (χ4v) is 0. The van der Waals surface area contributed by atoms with Crippen LogP contribution in [0.4, 0.5) is 0 Å². The molecule has 0 atom stereocenters. The van der Waals surface area contributed by atoms with E-state index in [4.69, 9.17) is 10.8 Å². The largest absolute Gasteiger partial charge is 0.330 e. The molecule has 0 aromatic carbocycles. The van der Waals surface area contributed by atoms with Gasteiger partial charge in [0.2, 0.25) is 0 Å². The molecule has 0 aliphatic rings. The fraction of sp³-hybridized carbons (Fsp3) is 1.00. The van der Waals surface area contributed by atoms with Crippen LogP contribution in [-0.2, 0) is 5.11 Å². The Labute approximate surface area is 45.3 Å². The van der Waals surface area contributed by atoms with Gasteiger partial charge in [0.25, 0.3) is 0 Å². The van der Waals surface area contributed by atoms with Gasteiger partial charge in [-0.15, -0.1) is 0 Å². The highest BCUT2D eigenvalue weighted by Crippen LogP contribution is 1.57. The van der Waals surface area contributed by atoms with E-state index in [0.29, 0.717) is 0 Å². The molecule has 2 heteroatoms. The summed E-state index contributed by atoms with van der Waals surface area (Å²) in [5.74, 6) is 0. The molecule has 0 amide bonds. The van der Waals surface area contributed by atoms with E-state index in [0.717, 1.165) is 13.0 Å². The molecule has 0 spiro atoms. The Morgan fingerprint density at radius 2 is 1.57 bits per heavy atom. The van der Waals surface area contributed by atoms with Gasteiger partial charge in [-0.3, -0.25) is 0 Å². The molecule has 0 fully saturated rings. The van der Waals surface area contributed by atoms with Crippen molar-refractivity contribution in [3.05, 3.63) is 0 Å². The fourth-order valence-electron chi connectivity index (χ4n) is 0.